The zero-order chi connectivity index (χ0) is 24.1. The van der Waals surface area contributed by atoms with Crippen LogP contribution in [0.5, 0.6) is 0 Å². The number of aromatic nitrogens is 1. The Morgan fingerprint density at radius 1 is 0.971 bits per heavy atom. The number of aliphatic hydroxyl groups excluding tert-OH is 1. The van der Waals surface area contributed by atoms with Gasteiger partial charge in [-0.3, -0.25) is 14.5 Å². The number of amides is 1. The van der Waals surface area contributed by atoms with E-state index in [-0.39, 0.29) is 11.3 Å². The lowest BCUT2D eigenvalue weighted by Gasteiger charge is -2.23. The lowest BCUT2D eigenvalue weighted by atomic mass is 9.95. The maximum absolute atomic E-state index is 13.3. The standard InChI is InChI=1S/C26H18Cl2N2O3S/c1-13-11-14(2)21-19(12-13)34-26(29-21)30-22(15-3-7-17(27)8-4-15)20(24(32)25(30)33)23(31)16-5-9-18(28)10-6-16/h3-12,22,31H,1-2H3/b23-20+/t22-/m0/s1. The molecule has 1 aliphatic rings. The van der Waals surface area contributed by atoms with E-state index in [1.54, 1.807) is 48.5 Å². The summed E-state index contributed by atoms with van der Waals surface area (Å²) in [6.45, 7) is 3.96. The molecule has 1 atom stereocenters. The molecular formula is C26H18Cl2N2O3S. The second kappa shape index (κ2) is 8.55. The number of benzene rings is 3. The quantitative estimate of drug-likeness (QED) is 0.186. The summed E-state index contributed by atoms with van der Waals surface area (Å²) in [7, 11) is 0. The van der Waals surface area contributed by atoms with Crippen molar-refractivity contribution in [3.63, 3.8) is 0 Å². The minimum Gasteiger partial charge on any atom is -0.507 e. The Bertz CT molecular complexity index is 1490. The van der Waals surface area contributed by atoms with Gasteiger partial charge in [0.25, 0.3) is 5.78 Å². The van der Waals surface area contributed by atoms with Gasteiger partial charge in [-0.05, 0) is 73.0 Å². The third-order valence-corrected chi connectivity index (χ3v) is 7.28. The normalized spacial score (nSPS) is 17.6. The molecule has 5 nitrogen and oxygen atoms in total. The van der Waals surface area contributed by atoms with E-state index in [0.29, 0.717) is 26.3 Å². The van der Waals surface area contributed by atoms with Crippen molar-refractivity contribution in [3.05, 3.63) is 98.5 Å². The van der Waals surface area contributed by atoms with Gasteiger partial charge in [0.15, 0.2) is 5.13 Å². The van der Waals surface area contributed by atoms with E-state index in [1.807, 2.05) is 26.0 Å². The van der Waals surface area contributed by atoms with Crippen LogP contribution in [0.25, 0.3) is 16.0 Å². The topological polar surface area (TPSA) is 70.5 Å². The Balaban J connectivity index is 1.74. The van der Waals surface area contributed by atoms with Gasteiger partial charge in [0, 0.05) is 15.6 Å². The first kappa shape index (κ1) is 22.6. The zero-order valence-corrected chi connectivity index (χ0v) is 20.5. The van der Waals surface area contributed by atoms with Crippen LogP contribution in [0.2, 0.25) is 10.0 Å². The van der Waals surface area contributed by atoms with Crippen LogP contribution in [0.15, 0.2) is 66.2 Å². The van der Waals surface area contributed by atoms with Crippen molar-refractivity contribution in [2.24, 2.45) is 0 Å². The molecule has 5 rings (SSSR count). The molecule has 2 heterocycles. The number of thiazole rings is 1. The van der Waals surface area contributed by atoms with Gasteiger partial charge in [-0.15, -0.1) is 0 Å². The second-order valence-electron chi connectivity index (χ2n) is 8.15. The molecule has 1 fully saturated rings. The van der Waals surface area contributed by atoms with E-state index in [0.717, 1.165) is 21.3 Å². The van der Waals surface area contributed by atoms with Crippen molar-refractivity contribution < 1.29 is 14.7 Å². The van der Waals surface area contributed by atoms with Crippen molar-refractivity contribution in [1.29, 1.82) is 0 Å². The summed E-state index contributed by atoms with van der Waals surface area (Å²) < 4.78 is 0.918. The number of carbonyl (C=O) groups excluding carboxylic acids is 2. The summed E-state index contributed by atoms with van der Waals surface area (Å²) in [5, 5.41) is 12.6. The Kier molecular flexibility index (Phi) is 5.68. The van der Waals surface area contributed by atoms with E-state index in [9.17, 15) is 14.7 Å². The Morgan fingerprint density at radius 3 is 2.24 bits per heavy atom. The van der Waals surface area contributed by atoms with E-state index in [1.165, 1.54) is 16.2 Å². The van der Waals surface area contributed by atoms with Gasteiger partial charge in [-0.25, -0.2) is 4.98 Å². The Morgan fingerprint density at radius 2 is 1.59 bits per heavy atom. The van der Waals surface area contributed by atoms with Crippen LogP contribution < -0.4 is 4.90 Å². The van der Waals surface area contributed by atoms with Gasteiger partial charge in [0.2, 0.25) is 0 Å². The third kappa shape index (κ3) is 3.78. The number of hydrogen-bond donors (Lipinski definition) is 1. The van der Waals surface area contributed by atoms with Crippen LogP contribution in [-0.4, -0.2) is 21.8 Å². The molecule has 4 aromatic rings. The number of ketones is 1. The maximum Gasteiger partial charge on any atom is 0.301 e. The number of halogens is 2. The molecule has 0 aliphatic carbocycles. The highest BCUT2D eigenvalue weighted by molar-refractivity contribution is 7.22. The first-order chi connectivity index (χ1) is 16.2. The number of fused-ring (bicyclic) bond motifs is 1. The maximum atomic E-state index is 13.3. The fourth-order valence-electron chi connectivity index (χ4n) is 4.22. The van der Waals surface area contributed by atoms with Gasteiger partial charge in [0.05, 0.1) is 21.8 Å². The van der Waals surface area contributed by atoms with Crippen molar-refractivity contribution in [1.82, 2.24) is 4.98 Å². The summed E-state index contributed by atoms with van der Waals surface area (Å²) >= 11 is 13.4. The fraction of sp³-hybridized carbons (Fsp3) is 0.115. The molecule has 8 heteroatoms. The average Bonchev–Trinajstić information content (AvgIpc) is 3.33. The molecule has 1 aromatic heterocycles. The molecule has 0 spiro atoms. The van der Waals surface area contributed by atoms with Gasteiger partial charge in [0.1, 0.15) is 5.76 Å². The molecule has 0 bridgehead atoms. The largest absolute Gasteiger partial charge is 0.507 e. The van der Waals surface area contributed by atoms with E-state index in [4.69, 9.17) is 28.2 Å². The van der Waals surface area contributed by atoms with E-state index in [2.05, 4.69) is 0 Å². The number of Topliss-reactive ketones (excluding diaryl/α,β-unsaturated/α-hetero) is 1. The first-order valence-electron chi connectivity index (χ1n) is 10.4. The monoisotopic (exact) mass is 508 g/mol. The zero-order valence-electron chi connectivity index (χ0n) is 18.2. The molecular weight excluding hydrogens is 491 g/mol. The summed E-state index contributed by atoms with van der Waals surface area (Å²) in [4.78, 5) is 32.7. The molecule has 1 aliphatic heterocycles. The number of aliphatic hydroxyl groups is 1. The smallest absolute Gasteiger partial charge is 0.301 e. The fourth-order valence-corrected chi connectivity index (χ4v) is 5.64. The van der Waals surface area contributed by atoms with Crippen LogP contribution in [0, 0.1) is 13.8 Å². The lowest BCUT2D eigenvalue weighted by Crippen LogP contribution is -2.29. The third-order valence-electron chi connectivity index (χ3n) is 5.77. The predicted octanol–water partition coefficient (Wildman–Crippen LogP) is 6.85. The number of aryl methyl sites for hydroxylation is 2. The SMILES string of the molecule is Cc1cc(C)c2nc(N3C(=O)C(=O)/C(=C(/O)c4ccc(Cl)cc4)[C@@H]3c3ccc(Cl)cc3)sc2c1. The summed E-state index contributed by atoms with van der Waals surface area (Å²) in [5.41, 5.74) is 3.85. The van der Waals surface area contributed by atoms with Crippen molar-refractivity contribution >= 4 is 67.3 Å². The van der Waals surface area contributed by atoms with Crippen LogP contribution in [-0.2, 0) is 9.59 Å². The van der Waals surface area contributed by atoms with Crippen molar-refractivity contribution in [2.45, 2.75) is 19.9 Å². The number of nitrogens with zero attached hydrogens (tertiary/aromatic N) is 2. The Labute approximate surface area is 209 Å². The molecule has 0 unspecified atom stereocenters. The van der Waals surface area contributed by atoms with Crippen molar-refractivity contribution in [2.75, 3.05) is 4.90 Å². The summed E-state index contributed by atoms with van der Waals surface area (Å²) in [6, 6.07) is 16.5. The highest BCUT2D eigenvalue weighted by Gasteiger charge is 2.48. The molecule has 0 radical (unpaired) electrons. The first-order valence-corrected chi connectivity index (χ1v) is 12.0. The average molecular weight is 509 g/mol. The Hall–Kier alpha value is -3.19. The predicted molar refractivity (Wildman–Crippen MR) is 137 cm³/mol. The molecule has 170 valence electrons. The lowest BCUT2D eigenvalue weighted by molar-refractivity contribution is -0.132. The number of rotatable bonds is 3. The molecule has 0 saturated carbocycles. The minimum absolute atomic E-state index is 0.0122. The van der Waals surface area contributed by atoms with Gasteiger partial charge in [-0.2, -0.15) is 0 Å². The van der Waals surface area contributed by atoms with Crippen LogP contribution >= 0.6 is 34.5 Å². The number of carbonyl (C=O) groups is 2. The molecule has 1 amide bonds. The van der Waals surface area contributed by atoms with Crippen LogP contribution in [0.4, 0.5) is 5.13 Å². The second-order valence-corrected chi connectivity index (χ2v) is 10.0. The highest BCUT2D eigenvalue weighted by atomic mass is 35.5. The molecule has 34 heavy (non-hydrogen) atoms. The molecule has 1 saturated heterocycles. The summed E-state index contributed by atoms with van der Waals surface area (Å²) in [6.07, 6.45) is 0. The number of hydrogen-bond acceptors (Lipinski definition) is 5. The number of anilines is 1. The highest BCUT2D eigenvalue weighted by Crippen LogP contribution is 2.45. The molecule has 1 N–H and O–H groups in total. The van der Waals surface area contributed by atoms with Gasteiger partial charge >= 0.3 is 5.91 Å². The van der Waals surface area contributed by atoms with Crippen LogP contribution in [0.3, 0.4) is 0 Å². The van der Waals surface area contributed by atoms with E-state index >= 15 is 0 Å². The van der Waals surface area contributed by atoms with E-state index < -0.39 is 17.7 Å². The summed E-state index contributed by atoms with van der Waals surface area (Å²) in [5.74, 6) is -1.80. The molecule has 3 aromatic carbocycles. The van der Waals surface area contributed by atoms with Crippen LogP contribution in [0.1, 0.15) is 28.3 Å². The minimum atomic E-state index is -0.866. The van der Waals surface area contributed by atoms with Crippen molar-refractivity contribution in [3.8, 4) is 0 Å². The van der Waals surface area contributed by atoms with Gasteiger partial charge in [-0.1, -0.05) is 52.7 Å². The van der Waals surface area contributed by atoms with Gasteiger partial charge < -0.3 is 5.11 Å².